The van der Waals surface area contributed by atoms with Crippen molar-refractivity contribution in [2.45, 2.75) is 12.2 Å². The fourth-order valence-electron chi connectivity index (χ4n) is 1.44. The first-order valence-corrected chi connectivity index (χ1v) is 7.16. The number of rotatable bonds is 4. The van der Waals surface area contributed by atoms with Gasteiger partial charge in [-0.1, -0.05) is 50.7 Å². The Morgan fingerprint density at radius 3 is 2.87 bits per heavy atom. The standard InChI is InChI=1S/C11H12BrIO2/c12-9-3-1-2-8(4-9)11(5-13)15-10-6-14-7-10/h1-4,10-11H,5-7H2. The molecule has 1 fully saturated rings. The van der Waals surface area contributed by atoms with E-state index in [-0.39, 0.29) is 12.2 Å². The first-order valence-electron chi connectivity index (χ1n) is 4.84. The fourth-order valence-corrected chi connectivity index (χ4v) is 2.57. The predicted molar refractivity (Wildman–Crippen MR) is 71.5 cm³/mol. The third-order valence-corrected chi connectivity index (χ3v) is 3.62. The summed E-state index contributed by atoms with van der Waals surface area (Å²) in [6, 6.07) is 8.29. The second-order valence-corrected chi connectivity index (χ2v) is 5.29. The SMILES string of the molecule is Brc1cccc(C(CI)OC2COC2)c1. The van der Waals surface area contributed by atoms with E-state index >= 15 is 0 Å². The third-order valence-electron chi connectivity index (χ3n) is 2.32. The maximum atomic E-state index is 5.92. The van der Waals surface area contributed by atoms with Crippen molar-refractivity contribution in [1.29, 1.82) is 0 Å². The molecule has 1 aromatic carbocycles. The van der Waals surface area contributed by atoms with Gasteiger partial charge in [-0.25, -0.2) is 0 Å². The Kier molecular flexibility index (Phi) is 4.42. The fraction of sp³-hybridized carbons (Fsp3) is 0.455. The lowest BCUT2D eigenvalue weighted by Crippen LogP contribution is -2.37. The van der Waals surface area contributed by atoms with Gasteiger partial charge in [0.15, 0.2) is 0 Å². The van der Waals surface area contributed by atoms with Crippen molar-refractivity contribution in [3.63, 3.8) is 0 Å². The van der Waals surface area contributed by atoms with Crippen molar-refractivity contribution in [2.75, 3.05) is 17.6 Å². The number of hydrogen-bond acceptors (Lipinski definition) is 2. The van der Waals surface area contributed by atoms with Gasteiger partial charge in [-0.3, -0.25) is 0 Å². The highest BCUT2D eigenvalue weighted by atomic mass is 127. The molecule has 15 heavy (non-hydrogen) atoms. The maximum Gasteiger partial charge on any atom is 0.105 e. The van der Waals surface area contributed by atoms with E-state index in [0.717, 1.165) is 22.1 Å². The summed E-state index contributed by atoms with van der Waals surface area (Å²) in [4.78, 5) is 0. The first kappa shape index (κ1) is 11.8. The van der Waals surface area contributed by atoms with E-state index in [1.165, 1.54) is 5.56 Å². The van der Waals surface area contributed by atoms with E-state index in [1.807, 2.05) is 12.1 Å². The molecule has 0 aliphatic carbocycles. The number of halogens is 2. The molecule has 0 N–H and O–H groups in total. The average Bonchev–Trinajstić information content (AvgIpc) is 2.16. The molecule has 0 radical (unpaired) electrons. The lowest BCUT2D eigenvalue weighted by Gasteiger charge is -2.30. The van der Waals surface area contributed by atoms with Gasteiger partial charge in [0.25, 0.3) is 0 Å². The Bertz CT molecular complexity index is 328. The summed E-state index contributed by atoms with van der Waals surface area (Å²) in [6.07, 6.45) is 0.459. The van der Waals surface area contributed by atoms with Gasteiger partial charge in [0.05, 0.1) is 19.3 Å². The number of benzene rings is 1. The molecule has 0 spiro atoms. The van der Waals surface area contributed by atoms with Gasteiger partial charge in [-0.05, 0) is 17.7 Å². The van der Waals surface area contributed by atoms with Gasteiger partial charge in [-0.2, -0.15) is 0 Å². The van der Waals surface area contributed by atoms with Crippen molar-refractivity contribution in [2.24, 2.45) is 0 Å². The molecular formula is C11H12BrIO2. The smallest absolute Gasteiger partial charge is 0.105 e. The molecule has 1 aliphatic heterocycles. The summed E-state index contributed by atoms with van der Waals surface area (Å²) in [6.45, 7) is 1.47. The van der Waals surface area contributed by atoms with Gasteiger partial charge in [0.1, 0.15) is 6.10 Å². The Hall–Kier alpha value is 0.350. The van der Waals surface area contributed by atoms with E-state index in [4.69, 9.17) is 9.47 Å². The number of hydrogen-bond donors (Lipinski definition) is 0. The highest BCUT2D eigenvalue weighted by Gasteiger charge is 2.23. The summed E-state index contributed by atoms with van der Waals surface area (Å²) < 4.78 is 13.1. The summed E-state index contributed by atoms with van der Waals surface area (Å²) in [5.74, 6) is 0. The molecule has 1 unspecified atom stereocenters. The first-order chi connectivity index (χ1) is 7.29. The molecule has 82 valence electrons. The van der Waals surface area contributed by atoms with E-state index in [2.05, 4.69) is 50.7 Å². The summed E-state index contributed by atoms with van der Waals surface area (Å²) >= 11 is 5.83. The molecule has 1 atom stereocenters. The van der Waals surface area contributed by atoms with E-state index in [0.29, 0.717) is 0 Å². The van der Waals surface area contributed by atoms with Gasteiger partial charge in [-0.15, -0.1) is 0 Å². The zero-order valence-electron chi connectivity index (χ0n) is 8.16. The normalized spacial score (nSPS) is 18.5. The van der Waals surface area contributed by atoms with Gasteiger partial charge in [0.2, 0.25) is 0 Å². The largest absolute Gasteiger partial charge is 0.376 e. The van der Waals surface area contributed by atoms with Crippen LogP contribution in [0.4, 0.5) is 0 Å². The maximum absolute atomic E-state index is 5.92. The van der Waals surface area contributed by atoms with Crippen molar-refractivity contribution in [3.05, 3.63) is 34.3 Å². The molecule has 0 amide bonds. The zero-order chi connectivity index (χ0) is 10.7. The highest BCUT2D eigenvalue weighted by Crippen LogP contribution is 2.26. The predicted octanol–water partition coefficient (Wildman–Crippen LogP) is 3.34. The van der Waals surface area contributed by atoms with Crippen LogP contribution in [0.2, 0.25) is 0 Å². The minimum absolute atomic E-state index is 0.178. The van der Waals surface area contributed by atoms with Gasteiger partial charge < -0.3 is 9.47 Å². The average molecular weight is 383 g/mol. The minimum atomic E-state index is 0.178. The Morgan fingerprint density at radius 2 is 2.33 bits per heavy atom. The van der Waals surface area contributed by atoms with Crippen molar-refractivity contribution in [1.82, 2.24) is 0 Å². The summed E-state index contributed by atoms with van der Waals surface area (Å²) in [5, 5.41) is 0. The van der Waals surface area contributed by atoms with Crippen LogP contribution in [0, 0.1) is 0 Å². The number of ether oxygens (including phenoxy) is 2. The lowest BCUT2D eigenvalue weighted by atomic mass is 10.1. The molecule has 1 heterocycles. The van der Waals surface area contributed by atoms with Crippen LogP contribution in [0.25, 0.3) is 0 Å². The monoisotopic (exact) mass is 382 g/mol. The van der Waals surface area contributed by atoms with Crippen LogP contribution in [0.1, 0.15) is 11.7 Å². The van der Waals surface area contributed by atoms with Crippen LogP contribution in [0.3, 0.4) is 0 Å². The van der Waals surface area contributed by atoms with Gasteiger partial charge >= 0.3 is 0 Å². The van der Waals surface area contributed by atoms with Crippen LogP contribution >= 0.6 is 38.5 Å². The van der Waals surface area contributed by atoms with E-state index in [9.17, 15) is 0 Å². The number of alkyl halides is 1. The second kappa shape index (κ2) is 5.61. The van der Waals surface area contributed by atoms with Crippen LogP contribution < -0.4 is 0 Å². The second-order valence-electron chi connectivity index (χ2n) is 3.49. The van der Waals surface area contributed by atoms with Crippen LogP contribution in [-0.2, 0) is 9.47 Å². The van der Waals surface area contributed by atoms with Crippen molar-refractivity contribution in [3.8, 4) is 0 Å². The van der Waals surface area contributed by atoms with Crippen molar-refractivity contribution < 1.29 is 9.47 Å². The van der Waals surface area contributed by atoms with Crippen molar-refractivity contribution >= 4 is 38.5 Å². The highest BCUT2D eigenvalue weighted by molar-refractivity contribution is 14.1. The van der Waals surface area contributed by atoms with Crippen LogP contribution in [0.5, 0.6) is 0 Å². The molecule has 0 bridgehead atoms. The third kappa shape index (κ3) is 3.15. The molecule has 2 nitrogen and oxygen atoms in total. The lowest BCUT2D eigenvalue weighted by molar-refractivity contribution is -0.150. The molecule has 1 saturated heterocycles. The zero-order valence-corrected chi connectivity index (χ0v) is 11.9. The van der Waals surface area contributed by atoms with E-state index < -0.39 is 0 Å². The molecule has 0 aromatic heterocycles. The Morgan fingerprint density at radius 1 is 1.53 bits per heavy atom. The van der Waals surface area contributed by atoms with Gasteiger partial charge in [0, 0.05) is 8.90 Å². The Labute approximate surface area is 112 Å². The minimum Gasteiger partial charge on any atom is -0.376 e. The molecule has 0 saturated carbocycles. The van der Waals surface area contributed by atoms with Crippen LogP contribution in [-0.4, -0.2) is 23.7 Å². The quantitative estimate of drug-likeness (QED) is 0.587. The summed E-state index contributed by atoms with van der Waals surface area (Å²) in [7, 11) is 0. The molecule has 4 heteroatoms. The molecule has 2 rings (SSSR count). The summed E-state index contributed by atoms with van der Waals surface area (Å²) in [5.41, 5.74) is 1.23. The van der Waals surface area contributed by atoms with Crippen LogP contribution in [0.15, 0.2) is 28.7 Å². The molecular weight excluding hydrogens is 371 g/mol. The topological polar surface area (TPSA) is 18.5 Å². The van der Waals surface area contributed by atoms with E-state index in [1.54, 1.807) is 0 Å². The Balaban J connectivity index is 2.04. The molecule has 1 aliphatic rings. The molecule has 1 aromatic rings.